The lowest BCUT2D eigenvalue weighted by Crippen LogP contribution is -2.40. The molecule has 0 unspecified atom stereocenters. The molecule has 0 aliphatic carbocycles. The second-order valence-electron chi connectivity index (χ2n) is 10.4. The van der Waals surface area contributed by atoms with Gasteiger partial charge in [0, 0.05) is 5.69 Å². The molecule has 2 heterocycles. The Morgan fingerprint density at radius 1 is 1.02 bits per heavy atom. The van der Waals surface area contributed by atoms with Gasteiger partial charge < -0.3 is 14.8 Å². The van der Waals surface area contributed by atoms with E-state index < -0.39 is 6.04 Å². The Hall–Kier alpha value is -4.15. The number of nitrogens with zero attached hydrogens (tertiary/aromatic N) is 2. The van der Waals surface area contributed by atoms with Crippen molar-refractivity contribution in [1.29, 1.82) is 0 Å². The highest BCUT2D eigenvalue weighted by molar-refractivity contribution is 9.10. The molecule has 0 radical (unpaired) electrons. The SMILES string of the molecule is COc1cccc([C@@H]2C(C(=O)Nc3ccccc3)=C(C)N=c3s/c(=C\c4ccc(OCc5ccc(Cl)c(Cl)c5)c(Br)c4)c(=O)n32)c1. The zero-order valence-corrected chi connectivity index (χ0v) is 28.5. The van der Waals surface area contributed by atoms with Crippen LogP contribution in [0.1, 0.15) is 29.7 Å². The van der Waals surface area contributed by atoms with Crippen LogP contribution < -0.4 is 29.7 Å². The lowest BCUT2D eigenvalue weighted by molar-refractivity contribution is -0.113. The van der Waals surface area contributed by atoms with Gasteiger partial charge in [0.05, 0.1) is 43.5 Å². The summed E-state index contributed by atoms with van der Waals surface area (Å²) in [5, 5.41) is 3.92. The molecule has 0 fully saturated rings. The minimum Gasteiger partial charge on any atom is -0.497 e. The quantitative estimate of drug-likeness (QED) is 0.179. The number of hydrogen-bond acceptors (Lipinski definition) is 6. The van der Waals surface area contributed by atoms with E-state index in [0.29, 0.717) is 54.4 Å². The van der Waals surface area contributed by atoms with Crippen molar-refractivity contribution in [3.05, 3.63) is 153 Å². The van der Waals surface area contributed by atoms with Gasteiger partial charge in [0.15, 0.2) is 4.80 Å². The molecule has 1 atom stereocenters. The molecule has 1 aliphatic heterocycles. The largest absolute Gasteiger partial charge is 0.497 e. The monoisotopic (exact) mass is 733 g/mol. The summed E-state index contributed by atoms with van der Waals surface area (Å²) in [6.45, 7) is 2.09. The molecule has 1 N–H and O–H groups in total. The Morgan fingerprint density at radius 3 is 2.57 bits per heavy atom. The highest BCUT2D eigenvalue weighted by Crippen LogP contribution is 2.33. The van der Waals surface area contributed by atoms with Gasteiger partial charge >= 0.3 is 0 Å². The number of ether oxygens (including phenoxy) is 2. The summed E-state index contributed by atoms with van der Waals surface area (Å²) in [4.78, 5) is 33.1. The van der Waals surface area contributed by atoms with Gasteiger partial charge in [-0.15, -0.1) is 0 Å². The topological polar surface area (TPSA) is 81.9 Å². The van der Waals surface area contributed by atoms with Gasteiger partial charge in [0.1, 0.15) is 18.1 Å². The van der Waals surface area contributed by atoms with Crippen LogP contribution in [0.4, 0.5) is 5.69 Å². The first-order valence-electron chi connectivity index (χ1n) is 14.1. The van der Waals surface area contributed by atoms with Crippen LogP contribution in [0.2, 0.25) is 10.0 Å². The van der Waals surface area contributed by atoms with Crippen LogP contribution in [0.3, 0.4) is 0 Å². The smallest absolute Gasteiger partial charge is 0.271 e. The molecular weight excluding hydrogens is 709 g/mol. The van der Waals surface area contributed by atoms with E-state index in [1.807, 2.05) is 84.9 Å². The van der Waals surface area contributed by atoms with Crippen LogP contribution in [-0.2, 0) is 11.4 Å². The van der Waals surface area contributed by atoms with Gasteiger partial charge in [-0.05, 0) is 94.2 Å². The predicted molar refractivity (Wildman–Crippen MR) is 187 cm³/mol. The van der Waals surface area contributed by atoms with Crippen LogP contribution in [0.5, 0.6) is 11.5 Å². The molecular formula is C35H26BrCl2N3O4S. The van der Waals surface area contributed by atoms with E-state index in [2.05, 4.69) is 21.2 Å². The van der Waals surface area contributed by atoms with Crippen LogP contribution in [0, 0.1) is 0 Å². The Labute approximate surface area is 287 Å². The van der Waals surface area contributed by atoms with Crippen molar-refractivity contribution in [2.24, 2.45) is 4.99 Å². The number of thiazole rings is 1. The third-order valence-corrected chi connectivity index (χ3v) is 9.68. The molecule has 46 heavy (non-hydrogen) atoms. The van der Waals surface area contributed by atoms with Crippen molar-refractivity contribution in [3.8, 4) is 11.5 Å². The number of aromatic nitrogens is 1. The number of methoxy groups -OCH3 is 1. The molecule has 0 bridgehead atoms. The average molecular weight is 735 g/mol. The number of allylic oxidation sites excluding steroid dienone is 1. The third kappa shape index (κ3) is 6.69. The summed E-state index contributed by atoms with van der Waals surface area (Å²) >= 11 is 17.0. The highest BCUT2D eigenvalue weighted by atomic mass is 79.9. The first-order chi connectivity index (χ1) is 22.2. The number of halogens is 3. The molecule has 1 aliphatic rings. The minimum absolute atomic E-state index is 0.259. The van der Waals surface area contributed by atoms with Crippen molar-refractivity contribution in [2.75, 3.05) is 12.4 Å². The zero-order chi connectivity index (χ0) is 32.4. The summed E-state index contributed by atoms with van der Waals surface area (Å²) in [7, 11) is 1.58. The molecule has 0 spiro atoms. The van der Waals surface area contributed by atoms with Gasteiger partial charge in [-0.2, -0.15) is 0 Å². The first kappa shape index (κ1) is 31.8. The molecule has 7 nitrogen and oxygen atoms in total. The second kappa shape index (κ2) is 13.7. The summed E-state index contributed by atoms with van der Waals surface area (Å²) < 4.78 is 14.3. The van der Waals surface area contributed by atoms with Gasteiger partial charge in [0.25, 0.3) is 11.5 Å². The van der Waals surface area contributed by atoms with Crippen molar-refractivity contribution in [2.45, 2.75) is 19.6 Å². The molecule has 4 aromatic carbocycles. The lowest BCUT2D eigenvalue weighted by Gasteiger charge is -2.25. The Morgan fingerprint density at radius 2 is 1.83 bits per heavy atom. The van der Waals surface area contributed by atoms with E-state index >= 15 is 0 Å². The first-order valence-corrected chi connectivity index (χ1v) is 16.5. The van der Waals surface area contributed by atoms with Crippen molar-refractivity contribution in [1.82, 2.24) is 4.57 Å². The van der Waals surface area contributed by atoms with E-state index in [0.717, 1.165) is 21.2 Å². The Balaban J connectivity index is 1.36. The molecule has 11 heteroatoms. The Bertz CT molecular complexity index is 2180. The maximum atomic E-state index is 14.1. The van der Waals surface area contributed by atoms with Crippen molar-refractivity contribution >= 4 is 68.1 Å². The standard InChI is InChI=1S/C35H26BrCl2N3O4S/c1-20-31(33(42)40-24-8-4-3-5-9-24)32(23-7-6-10-25(18-23)44-2)41-34(43)30(46-35(41)39-20)17-21-12-14-29(26(36)15-21)45-19-22-11-13-27(37)28(38)16-22/h3-18,32H,19H2,1-2H3,(H,40,42)/b30-17-/t32-/m1/s1. The maximum absolute atomic E-state index is 14.1. The summed E-state index contributed by atoms with van der Waals surface area (Å²) in [5.74, 6) is 0.908. The molecule has 1 amide bonds. The van der Waals surface area contributed by atoms with E-state index in [1.165, 1.54) is 11.3 Å². The van der Waals surface area contributed by atoms with Crippen molar-refractivity contribution < 1.29 is 14.3 Å². The maximum Gasteiger partial charge on any atom is 0.271 e. The second-order valence-corrected chi connectivity index (χ2v) is 13.1. The van der Waals surface area contributed by atoms with Gasteiger partial charge in [-0.1, -0.05) is 77.0 Å². The van der Waals surface area contributed by atoms with Crippen molar-refractivity contribution in [3.63, 3.8) is 0 Å². The lowest BCUT2D eigenvalue weighted by atomic mass is 9.95. The molecule has 1 aromatic heterocycles. The normalized spacial score (nSPS) is 14.5. The molecule has 0 saturated carbocycles. The molecule has 6 rings (SSSR count). The van der Waals surface area contributed by atoms with E-state index in [1.54, 1.807) is 30.7 Å². The molecule has 5 aromatic rings. The number of hydrogen-bond donors (Lipinski definition) is 1. The number of fused-ring (bicyclic) bond motifs is 1. The van der Waals surface area contributed by atoms with E-state index in [9.17, 15) is 9.59 Å². The molecule has 0 saturated heterocycles. The fraction of sp³-hybridized carbons (Fsp3) is 0.114. The summed E-state index contributed by atoms with van der Waals surface area (Å²) in [5.41, 5.74) is 3.68. The van der Waals surface area contributed by atoms with Gasteiger partial charge in [0.2, 0.25) is 0 Å². The fourth-order valence-corrected chi connectivity index (χ4v) is 7.00. The van der Waals surface area contributed by atoms with E-state index in [-0.39, 0.29) is 11.5 Å². The van der Waals surface area contributed by atoms with E-state index in [4.69, 9.17) is 37.7 Å². The van der Waals surface area contributed by atoms with Gasteiger partial charge in [-0.25, -0.2) is 4.99 Å². The number of para-hydroxylation sites is 1. The summed E-state index contributed by atoms with van der Waals surface area (Å²) in [6, 6.07) is 26.8. The van der Waals surface area contributed by atoms with Crippen LogP contribution in [-0.4, -0.2) is 17.6 Å². The predicted octanol–water partition coefficient (Wildman–Crippen LogP) is 7.53. The number of carbonyl (C=O) groups excluding carboxylic acids is 1. The molecule has 232 valence electrons. The zero-order valence-electron chi connectivity index (χ0n) is 24.6. The van der Waals surface area contributed by atoms with Gasteiger partial charge in [-0.3, -0.25) is 14.2 Å². The Kier molecular flexibility index (Phi) is 9.47. The number of benzene rings is 4. The van der Waals surface area contributed by atoms with Crippen LogP contribution in [0.25, 0.3) is 6.08 Å². The fourth-order valence-electron chi connectivity index (χ4n) is 5.12. The third-order valence-electron chi connectivity index (χ3n) is 7.34. The number of amides is 1. The minimum atomic E-state index is -0.721. The average Bonchev–Trinajstić information content (AvgIpc) is 3.35. The number of rotatable bonds is 8. The number of carbonyl (C=O) groups is 1. The van der Waals surface area contributed by atoms with Crippen LogP contribution in [0.15, 0.2) is 117 Å². The number of anilines is 1. The summed E-state index contributed by atoms with van der Waals surface area (Å²) in [6.07, 6.45) is 1.81. The number of nitrogens with one attached hydrogen (secondary N) is 1. The highest BCUT2D eigenvalue weighted by Gasteiger charge is 2.32. The van der Waals surface area contributed by atoms with Crippen LogP contribution >= 0.6 is 50.5 Å².